The molecule has 0 spiro atoms. The topological polar surface area (TPSA) is 70.0 Å². The Labute approximate surface area is 196 Å². The van der Waals surface area contributed by atoms with Crippen LogP contribution < -0.4 is 0 Å². The van der Waals surface area contributed by atoms with Crippen molar-refractivity contribution in [3.63, 3.8) is 0 Å². The van der Waals surface area contributed by atoms with Crippen molar-refractivity contribution in [3.05, 3.63) is 95.9 Å². The van der Waals surface area contributed by atoms with Crippen LogP contribution in [-0.2, 0) is 19.5 Å². The van der Waals surface area contributed by atoms with E-state index in [2.05, 4.69) is 80.4 Å². The molecule has 0 aliphatic carbocycles. The Morgan fingerprint density at radius 1 is 0.941 bits per heavy atom. The van der Waals surface area contributed by atoms with Crippen molar-refractivity contribution in [2.75, 3.05) is 6.54 Å². The summed E-state index contributed by atoms with van der Waals surface area (Å²) in [6.45, 7) is 1.93. The lowest BCUT2D eigenvalue weighted by molar-refractivity contribution is -0.103. The molecule has 0 saturated carbocycles. The zero-order chi connectivity index (χ0) is 22.6. The van der Waals surface area contributed by atoms with Crippen LogP contribution in [0.2, 0.25) is 0 Å². The van der Waals surface area contributed by atoms with Crippen molar-refractivity contribution in [2.45, 2.75) is 19.5 Å². The summed E-state index contributed by atoms with van der Waals surface area (Å²) in [6, 6.07) is 23.5. The molecular formula is C28H23N5O. The number of nitrogens with zero attached hydrogens (tertiary/aromatic N) is 4. The zero-order valence-electron chi connectivity index (χ0n) is 18.6. The van der Waals surface area contributed by atoms with Crippen LogP contribution in [0.1, 0.15) is 16.8 Å². The van der Waals surface area contributed by atoms with E-state index >= 15 is 0 Å². The highest BCUT2D eigenvalue weighted by atomic mass is 16.5. The number of fused-ring (bicyclic) bond motifs is 5. The summed E-state index contributed by atoms with van der Waals surface area (Å²) in [7, 11) is 0. The second-order valence-corrected chi connectivity index (χ2v) is 9.09. The summed E-state index contributed by atoms with van der Waals surface area (Å²) in [5.41, 5.74) is 9.19. The minimum atomic E-state index is 0.561. The number of H-pyrrole nitrogens is 1. The Morgan fingerprint density at radius 2 is 1.85 bits per heavy atom. The quantitative estimate of drug-likeness (QED) is 0.376. The lowest BCUT2D eigenvalue weighted by Crippen LogP contribution is -2.26. The van der Waals surface area contributed by atoms with Gasteiger partial charge in [0.15, 0.2) is 0 Å². The molecule has 0 saturated heterocycles. The number of aromatic nitrogens is 4. The van der Waals surface area contributed by atoms with Gasteiger partial charge in [-0.25, -0.2) is 0 Å². The van der Waals surface area contributed by atoms with Gasteiger partial charge in [0, 0.05) is 46.5 Å². The van der Waals surface area contributed by atoms with E-state index in [4.69, 9.17) is 0 Å². The number of hydrogen-bond acceptors (Lipinski definition) is 4. The highest BCUT2D eigenvalue weighted by Gasteiger charge is 2.20. The van der Waals surface area contributed by atoms with Crippen LogP contribution in [-0.4, -0.2) is 36.6 Å². The molecule has 4 heterocycles. The van der Waals surface area contributed by atoms with Crippen molar-refractivity contribution in [1.29, 1.82) is 0 Å². The van der Waals surface area contributed by atoms with Gasteiger partial charge in [0.05, 0.1) is 30.3 Å². The summed E-state index contributed by atoms with van der Waals surface area (Å²) < 4.78 is 2.07. The van der Waals surface area contributed by atoms with Gasteiger partial charge in [0.25, 0.3) is 0 Å². The molecular weight excluding hydrogens is 422 g/mol. The highest BCUT2D eigenvalue weighted by molar-refractivity contribution is 5.91. The maximum Gasteiger partial charge on any atom is 0.0702 e. The molecule has 2 N–H and O–H groups in total. The van der Waals surface area contributed by atoms with Crippen molar-refractivity contribution in [2.24, 2.45) is 0 Å². The zero-order valence-corrected chi connectivity index (χ0v) is 18.6. The van der Waals surface area contributed by atoms with Gasteiger partial charge in [-0.05, 0) is 58.7 Å². The Balaban J connectivity index is 1.28. The molecule has 166 valence electrons. The molecule has 0 radical (unpaired) electrons. The average Bonchev–Trinajstić information content (AvgIpc) is 3.44. The predicted molar refractivity (Wildman–Crippen MR) is 134 cm³/mol. The monoisotopic (exact) mass is 445 g/mol. The van der Waals surface area contributed by atoms with Gasteiger partial charge >= 0.3 is 0 Å². The van der Waals surface area contributed by atoms with E-state index in [1.165, 1.54) is 27.3 Å². The number of hydroxylamine groups is 2. The van der Waals surface area contributed by atoms with Crippen molar-refractivity contribution in [3.8, 4) is 11.1 Å². The van der Waals surface area contributed by atoms with Gasteiger partial charge in [-0.15, -0.1) is 0 Å². The first-order valence-electron chi connectivity index (χ1n) is 11.6. The Kier molecular flexibility index (Phi) is 4.30. The van der Waals surface area contributed by atoms with E-state index in [1.807, 2.05) is 18.5 Å². The molecule has 6 nitrogen and oxygen atoms in total. The summed E-state index contributed by atoms with van der Waals surface area (Å²) in [4.78, 5) is 7.96. The van der Waals surface area contributed by atoms with E-state index in [9.17, 15) is 5.21 Å². The van der Waals surface area contributed by atoms with Gasteiger partial charge in [0.2, 0.25) is 0 Å². The first-order chi connectivity index (χ1) is 16.7. The molecule has 0 unspecified atom stereocenters. The summed E-state index contributed by atoms with van der Waals surface area (Å²) in [5, 5.41) is 19.6. The number of hydrogen-bond donors (Lipinski definition) is 2. The van der Waals surface area contributed by atoms with Gasteiger partial charge < -0.3 is 10.2 Å². The van der Waals surface area contributed by atoms with E-state index in [1.54, 1.807) is 0 Å². The smallest absolute Gasteiger partial charge is 0.0702 e. The van der Waals surface area contributed by atoms with E-state index in [0.717, 1.165) is 44.9 Å². The normalized spacial score (nSPS) is 14.3. The Morgan fingerprint density at radius 3 is 2.82 bits per heavy atom. The van der Waals surface area contributed by atoms with Crippen molar-refractivity contribution < 1.29 is 5.21 Å². The number of benzene rings is 3. The van der Waals surface area contributed by atoms with E-state index < -0.39 is 0 Å². The summed E-state index contributed by atoms with van der Waals surface area (Å²) in [5.74, 6) is 0. The highest BCUT2D eigenvalue weighted by Crippen LogP contribution is 2.32. The number of rotatable bonds is 3. The minimum Gasteiger partial charge on any atom is -0.358 e. The van der Waals surface area contributed by atoms with Crippen LogP contribution >= 0.6 is 0 Å². The van der Waals surface area contributed by atoms with Gasteiger partial charge in [0.1, 0.15) is 0 Å². The van der Waals surface area contributed by atoms with Crippen LogP contribution in [0.25, 0.3) is 43.8 Å². The fraction of sp³-hybridized carbons (Fsp3) is 0.143. The average molecular weight is 446 g/mol. The first kappa shape index (κ1) is 19.5. The van der Waals surface area contributed by atoms with Crippen LogP contribution in [0.4, 0.5) is 0 Å². The second-order valence-electron chi connectivity index (χ2n) is 9.09. The summed E-state index contributed by atoms with van der Waals surface area (Å²) >= 11 is 0. The lowest BCUT2D eigenvalue weighted by Gasteiger charge is -2.20. The van der Waals surface area contributed by atoms with E-state index in [-0.39, 0.29) is 0 Å². The molecule has 7 rings (SSSR count). The largest absolute Gasteiger partial charge is 0.358 e. The van der Waals surface area contributed by atoms with E-state index in [0.29, 0.717) is 19.6 Å². The molecule has 3 aromatic carbocycles. The first-order valence-corrected chi connectivity index (χ1v) is 11.6. The van der Waals surface area contributed by atoms with Crippen molar-refractivity contribution in [1.82, 2.24) is 24.8 Å². The van der Waals surface area contributed by atoms with Crippen molar-refractivity contribution >= 4 is 32.7 Å². The Hall–Kier alpha value is -4.00. The molecule has 0 fully saturated rings. The third-order valence-electron chi connectivity index (χ3n) is 6.93. The SMILES string of the molecule is ON1CCc2[nH]c3ccc(-c4ccc5cnn(Cc6ccc7ncccc7c6)c5c4)cc3c2C1. The summed E-state index contributed by atoms with van der Waals surface area (Å²) in [6.07, 6.45) is 4.60. The molecule has 0 bridgehead atoms. The number of pyridine rings is 1. The molecule has 3 aromatic heterocycles. The molecule has 1 aliphatic rings. The lowest BCUT2D eigenvalue weighted by atomic mass is 10.00. The third kappa shape index (κ3) is 3.19. The van der Waals surface area contributed by atoms with Crippen LogP contribution in [0.3, 0.4) is 0 Å². The Bertz CT molecular complexity index is 1700. The van der Waals surface area contributed by atoms with Gasteiger partial charge in [-0.2, -0.15) is 10.2 Å². The molecule has 6 heteroatoms. The molecule has 0 atom stereocenters. The molecule has 1 aliphatic heterocycles. The standard InChI is InChI=1S/C28H23N5O/c34-32-11-9-27-24(17-32)23-13-19(6-8-26(23)31-27)20-4-5-22-15-30-33(28(22)14-20)16-18-3-7-25-21(12-18)2-1-10-29-25/h1-8,10,12-15,31,34H,9,11,16-17H2. The maximum absolute atomic E-state index is 10.0. The van der Waals surface area contributed by atoms with Crippen LogP contribution in [0, 0.1) is 0 Å². The fourth-order valence-corrected chi connectivity index (χ4v) is 5.15. The third-order valence-corrected chi connectivity index (χ3v) is 6.93. The van der Waals surface area contributed by atoms with Crippen LogP contribution in [0.5, 0.6) is 0 Å². The minimum absolute atomic E-state index is 0.561. The molecule has 0 amide bonds. The van der Waals surface area contributed by atoms with Gasteiger partial charge in [-0.3, -0.25) is 9.67 Å². The predicted octanol–water partition coefficient (Wildman–Crippen LogP) is 5.53. The number of aromatic amines is 1. The number of nitrogens with one attached hydrogen (secondary N) is 1. The fourth-order valence-electron chi connectivity index (χ4n) is 5.15. The molecule has 6 aromatic rings. The second kappa shape index (κ2) is 7.52. The van der Waals surface area contributed by atoms with Gasteiger partial charge in [-0.1, -0.05) is 30.3 Å². The maximum atomic E-state index is 10.0. The molecule has 34 heavy (non-hydrogen) atoms. The van der Waals surface area contributed by atoms with Crippen LogP contribution in [0.15, 0.2) is 79.1 Å².